The molecule has 2 atom stereocenters. The van der Waals surface area contributed by atoms with Crippen molar-refractivity contribution in [3.63, 3.8) is 0 Å². The summed E-state index contributed by atoms with van der Waals surface area (Å²) in [5, 5.41) is 0. The molecule has 0 aliphatic heterocycles. The van der Waals surface area contributed by atoms with E-state index in [4.69, 9.17) is 10.5 Å². The lowest BCUT2D eigenvalue weighted by Crippen LogP contribution is -2.26. The van der Waals surface area contributed by atoms with Crippen molar-refractivity contribution in [2.45, 2.75) is 31.7 Å². The molecule has 0 radical (unpaired) electrons. The van der Waals surface area contributed by atoms with Gasteiger partial charge in [-0.25, -0.2) is 4.39 Å². The van der Waals surface area contributed by atoms with Gasteiger partial charge in [-0.2, -0.15) is 0 Å². The SMILES string of the molecule is COc1ccc(F)cc1CC1CCCC1N. The van der Waals surface area contributed by atoms with Crippen molar-refractivity contribution in [2.75, 3.05) is 7.11 Å². The number of benzene rings is 1. The van der Waals surface area contributed by atoms with E-state index in [2.05, 4.69) is 0 Å². The van der Waals surface area contributed by atoms with Crippen LogP contribution in [-0.2, 0) is 6.42 Å². The molecule has 2 N–H and O–H groups in total. The van der Waals surface area contributed by atoms with Crippen LogP contribution in [0.25, 0.3) is 0 Å². The number of hydrogen-bond donors (Lipinski definition) is 1. The summed E-state index contributed by atoms with van der Waals surface area (Å²) in [7, 11) is 1.62. The fraction of sp³-hybridized carbons (Fsp3) is 0.538. The summed E-state index contributed by atoms with van der Waals surface area (Å²) < 4.78 is 18.4. The highest BCUT2D eigenvalue weighted by molar-refractivity contribution is 5.34. The van der Waals surface area contributed by atoms with E-state index in [9.17, 15) is 4.39 Å². The highest BCUT2D eigenvalue weighted by Crippen LogP contribution is 2.30. The molecule has 0 aromatic heterocycles. The third-order valence-electron chi connectivity index (χ3n) is 3.44. The van der Waals surface area contributed by atoms with Gasteiger partial charge in [0.05, 0.1) is 7.11 Å². The van der Waals surface area contributed by atoms with Crippen molar-refractivity contribution in [3.05, 3.63) is 29.6 Å². The number of rotatable bonds is 3. The molecule has 0 bridgehead atoms. The van der Waals surface area contributed by atoms with Crippen molar-refractivity contribution >= 4 is 0 Å². The molecule has 0 spiro atoms. The van der Waals surface area contributed by atoms with Crippen molar-refractivity contribution in [3.8, 4) is 5.75 Å². The van der Waals surface area contributed by atoms with Crippen molar-refractivity contribution < 1.29 is 9.13 Å². The largest absolute Gasteiger partial charge is 0.496 e. The predicted octanol–water partition coefficient (Wildman–Crippen LogP) is 2.50. The van der Waals surface area contributed by atoms with E-state index in [0.717, 1.165) is 30.6 Å². The number of hydrogen-bond acceptors (Lipinski definition) is 2. The Morgan fingerprint density at radius 2 is 2.25 bits per heavy atom. The van der Waals surface area contributed by atoms with Gasteiger partial charge in [0, 0.05) is 6.04 Å². The maximum absolute atomic E-state index is 13.2. The third kappa shape index (κ3) is 2.35. The minimum atomic E-state index is -0.206. The second-order valence-electron chi connectivity index (χ2n) is 4.52. The van der Waals surface area contributed by atoms with Crippen molar-refractivity contribution in [1.29, 1.82) is 0 Å². The maximum Gasteiger partial charge on any atom is 0.123 e. The Balaban J connectivity index is 2.16. The van der Waals surface area contributed by atoms with Gasteiger partial charge in [-0.05, 0) is 48.9 Å². The topological polar surface area (TPSA) is 35.2 Å². The third-order valence-corrected chi connectivity index (χ3v) is 3.44. The Morgan fingerprint density at radius 1 is 1.44 bits per heavy atom. The van der Waals surface area contributed by atoms with Gasteiger partial charge >= 0.3 is 0 Å². The molecule has 1 aromatic rings. The van der Waals surface area contributed by atoms with Crippen LogP contribution in [0, 0.1) is 11.7 Å². The second kappa shape index (κ2) is 4.83. The smallest absolute Gasteiger partial charge is 0.123 e. The molecule has 1 aromatic carbocycles. The molecule has 0 amide bonds. The Labute approximate surface area is 95.6 Å². The van der Waals surface area contributed by atoms with E-state index in [1.165, 1.54) is 12.5 Å². The van der Waals surface area contributed by atoms with Gasteiger partial charge in [-0.1, -0.05) is 6.42 Å². The zero-order valence-corrected chi connectivity index (χ0v) is 9.58. The average Bonchev–Trinajstić information content (AvgIpc) is 2.65. The molecule has 16 heavy (non-hydrogen) atoms. The normalized spacial score (nSPS) is 24.7. The first-order valence-corrected chi connectivity index (χ1v) is 5.78. The molecule has 88 valence electrons. The molecule has 2 rings (SSSR count). The minimum Gasteiger partial charge on any atom is -0.496 e. The monoisotopic (exact) mass is 223 g/mol. The molecule has 1 fully saturated rings. The van der Waals surface area contributed by atoms with Gasteiger partial charge < -0.3 is 10.5 Å². The summed E-state index contributed by atoms with van der Waals surface area (Å²) in [6.07, 6.45) is 4.23. The molecule has 2 unspecified atom stereocenters. The number of halogens is 1. The van der Waals surface area contributed by atoms with Crippen LogP contribution in [0.1, 0.15) is 24.8 Å². The highest BCUT2D eigenvalue weighted by Gasteiger charge is 2.25. The van der Waals surface area contributed by atoms with E-state index in [1.54, 1.807) is 19.2 Å². The molecular formula is C13H18FNO. The van der Waals surface area contributed by atoms with Gasteiger partial charge in [0.2, 0.25) is 0 Å². The van der Waals surface area contributed by atoms with Crippen LogP contribution in [0.3, 0.4) is 0 Å². The quantitative estimate of drug-likeness (QED) is 0.854. The zero-order valence-electron chi connectivity index (χ0n) is 9.58. The maximum atomic E-state index is 13.2. The van der Waals surface area contributed by atoms with Crippen LogP contribution < -0.4 is 10.5 Å². The Bertz CT molecular complexity index is 367. The van der Waals surface area contributed by atoms with Crippen molar-refractivity contribution in [1.82, 2.24) is 0 Å². The average molecular weight is 223 g/mol. The summed E-state index contributed by atoms with van der Waals surface area (Å²) in [6.45, 7) is 0. The fourth-order valence-corrected chi connectivity index (χ4v) is 2.51. The Kier molecular flexibility index (Phi) is 3.44. The van der Waals surface area contributed by atoms with Crippen LogP contribution in [0.4, 0.5) is 4.39 Å². The van der Waals surface area contributed by atoms with E-state index in [-0.39, 0.29) is 11.9 Å². The lowest BCUT2D eigenvalue weighted by Gasteiger charge is -2.17. The van der Waals surface area contributed by atoms with Gasteiger partial charge in [-0.3, -0.25) is 0 Å². The predicted molar refractivity (Wildman–Crippen MR) is 62.0 cm³/mol. The van der Waals surface area contributed by atoms with E-state index in [1.807, 2.05) is 0 Å². The standard InChI is InChI=1S/C13H18FNO/c1-16-13-6-5-11(14)8-10(13)7-9-3-2-4-12(9)15/h5-6,8-9,12H,2-4,7,15H2,1H3. The fourth-order valence-electron chi connectivity index (χ4n) is 2.51. The first kappa shape index (κ1) is 11.4. The highest BCUT2D eigenvalue weighted by atomic mass is 19.1. The number of nitrogens with two attached hydrogens (primary N) is 1. The van der Waals surface area contributed by atoms with E-state index >= 15 is 0 Å². The minimum absolute atomic E-state index is 0.206. The lowest BCUT2D eigenvalue weighted by atomic mass is 9.94. The summed E-state index contributed by atoms with van der Waals surface area (Å²) in [6, 6.07) is 4.93. The van der Waals surface area contributed by atoms with Gasteiger partial charge in [0.25, 0.3) is 0 Å². The van der Waals surface area contributed by atoms with E-state index < -0.39 is 0 Å². The zero-order chi connectivity index (χ0) is 11.5. The Morgan fingerprint density at radius 3 is 2.88 bits per heavy atom. The molecule has 0 heterocycles. The summed E-state index contributed by atoms with van der Waals surface area (Å²) >= 11 is 0. The summed E-state index contributed by atoms with van der Waals surface area (Å²) in [4.78, 5) is 0. The molecule has 1 saturated carbocycles. The molecule has 0 saturated heterocycles. The second-order valence-corrected chi connectivity index (χ2v) is 4.52. The Hall–Kier alpha value is -1.09. The molecule has 2 nitrogen and oxygen atoms in total. The molecule has 1 aliphatic carbocycles. The summed E-state index contributed by atoms with van der Waals surface area (Å²) in [5.74, 6) is 1.03. The van der Waals surface area contributed by atoms with Crippen LogP contribution in [-0.4, -0.2) is 13.2 Å². The van der Waals surface area contributed by atoms with Crippen LogP contribution >= 0.6 is 0 Å². The summed E-state index contributed by atoms with van der Waals surface area (Å²) in [5.41, 5.74) is 6.96. The van der Waals surface area contributed by atoms with E-state index in [0.29, 0.717) is 5.92 Å². The first-order valence-electron chi connectivity index (χ1n) is 5.78. The van der Waals surface area contributed by atoms with Crippen molar-refractivity contribution in [2.24, 2.45) is 11.7 Å². The first-order chi connectivity index (χ1) is 7.70. The molecule has 3 heteroatoms. The number of methoxy groups -OCH3 is 1. The van der Waals surface area contributed by atoms with Gasteiger partial charge in [-0.15, -0.1) is 0 Å². The van der Waals surface area contributed by atoms with Crippen LogP contribution in [0.5, 0.6) is 5.75 Å². The van der Waals surface area contributed by atoms with Crippen LogP contribution in [0.2, 0.25) is 0 Å². The molecular weight excluding hydrogens is 205 g/mol. The number of ether oxygens (including phenoxy) is 1. The van der Waals surface area contributed by atoms with Gasteiger partial charge in [0.15, 0.2) is 0 Å². The van der Waals surface area contributed by atoms with Crippen LogP contribution in [0.15, 0.2) is 18.2 Å². The van der Waals surface area contributed by atoms with Gasteiger partial charge in [0.1, 0.15) is 11.6 Å². The molecule has 1 aliphatic rings. The lowest BCUT2D eigenvalue weighted by molar-refractivity contribution is 0.398.